The van der Waals surface area contributed by atoms with Crippen molar-refractivity contribution in [1.29, 1.82) is 0 Å². The molecule has 0 aromatic heterocycles. The molecule has 0 spiro atoms. The zero-order valence-electron chi connectivity index (χ0n) is 30.4. The Hall–Kier alpha value is -2.18. The van der Waals surface area contributed by atoms with Crippen molar-refractivity contribution in [2.45, 2.75) is 155 Å². The Bertz CT molecular complexity index is 1210. The molecule has 266 valence electrons. The Kier molecular flexibility index (Phi) is 20.2. The number of nitrogens with one attached hydrogen (secondary N) is 1. The molecule has 0 heterocycles. The standard InChI is InChI=1S/C16H15NO.C9H20.C7H16.C6H13NO2S.2CH4/c1-11(2)18-17-16-14-9-5-3-7-12(14)13-8-4-6-10-15(13)16;1-8(2)6-7-9(3,4)5;1-6(2)7(3,4)5;1-5(2)7-10(8,9)6-3-4-6;;/h3-11H,1-2H3;8H,6-7H2,1-5H3;6H,1-5H3;5-7H,3-4H2,1-2H3;2*1H4. The second-order valence-corrected chi connectivity index (χ2v) is 17.7. The summed E-state index contributed by atoms with van der Waals surface area (Å²) in [7, 11) is -2.94. The average molecular weight is 661 g/mol. The largest absolute Gasteiger partial charge is 0.393 e. The van der Waals surface area contributed by atoms with Gasteiger partial charge in [0, 0.05) is 17.2 Å². The van der Waals surface area contributed by atoms with E-state index in [1.807, 2.05) is 39.8 Å². The van der Waals surface area contributed by atoms with Gasteiger partial charge in [0.1, 0.15) is 11.8 Å². The van der Waals surface area contributed by atoms with Gasteiger partial charge in [-0.15, -0.1) is 0 Å². The smallest absolute Gasteiger partial charge is 0.214 e. The maximum atomic E-state index is 11.1. The predicted octanol–water partition coefficient (Wildman–Crippen LogP) is 11.8. The van der Waals surface area contributed by atoms with Crippen LogP contribution in [0.3, 0.4) is 0 Å². The highest BCUT2D eigenvalue weighted by Crippen LogP contribution is 2.36. The van der Waals surface area contributed by atoms with E-state index in [-0.39, 0.29) is 32.2 Å². The highest BCUT2D eigenvalue weighted by atomic mass is 32.2. The zero-order chi connectivity index (χ0) is 33.9. The Morgan fingerprint density at radius 1 is 0.761 bits per heavy atom. The number of rotatable bonds is 7. The summed E-state index contributed by atoms with van der Waals surface area (Å²) in [6.07, 6.45) is 4.48. The molecule has 0 saturated heterocycles. The lowest BCUT2D eigenvalue weighted by atomic mass is 9.84. The van der Waals surface area contributed by atoms with Crippen LogP contribution in [0, 0.1) is 22.7 Å². The third-order valence-electron chi connectivity index (χ3n) is 7.58. The molecule has 0 aliphatic heterocycles. The van der Waals surface area contributed by atoms with E-state index < -0.39 is 10.0 Å². The van der Waals surface area contributed by atoms with E-state index in [2.05, 4.69) is 116 Å². The van der Waals surface area contributed by atoms with Crippen molar-refractivity contribution in [1.82, 2.24) is 4.72 Å². The van der Waals surface area contributed by atoms with Crippen molar-refractivity contribution in [3.63, 3.8) is 0 Å². The van der Waals surface area contributed by atoms with Gasteiger partial charge in [0.2, 0.25) is 10.0 Å². The molecular weight excluding hydrogens is 589 g/mol. The van der Waals surface area contributed by atoms with Crippen LogP contribution in [-0.2, 0) is 14.9 Å². The van der Waals surface area contributed by atoms with E-state index >= 15 is 0 Å². The van der Waals surface area contributed by atoms with Gasteiger partial charge in [0.05, 0.1) is 5.25 Å². The maximum absolute atomic E-state index is 11.1. The van der Waals surface area contributed by atoms with Crippen LogP contribution < -0.4 is 4.72 Å². The third kappa shape index (κ3) is 17.7. The van der Waals surface area contributed by atoms with Crippen LogP contribution in [0.15, 0.2) is 53.7 Å². The number of benzene rings is 2. The number of hydrogen-bond donors (Lipinski definition) is 1. The van der Waals surface area contributed by atoms with E-state index in [9.17, 15) is 8.42 Å². The minimum atomic E-state index is -2.94. The van der Waals surface area contributed by atoms with Crippen molar-refractivity contribution in [3.05, 3.63) is 59.7 Å². The first kappa shape index (κ1) is 45.9. The predicted molar refractivity (Wildman–Crippen MR) is 205 cm³/mol. The van der Waals surface area contributed by atoms with Gasteiger partial charge in [0.25, 0.3) is 0 Å². The fraction of sp³-hybridized carbons (Fsp3) is 0.675. The number of nitrogens with zero attached hydrogens (tertiary/aromatic N) is 1. The van der Waals surface area contributed by atoms with Crippen molar-refractivity contribution in [2.75, 3.05) is 0 Å². The van der Waals surface area contributed by atoms with E-state index in [0.717, 1.165) is 41.5 Å². The molecule has 2 aliphatic carbocycles. The van der Waals surface area contributed by atoms with Crippen molar-refractivity contribution >= 4 is 15.7 Å². The summed E-state index contributed by atoms with van der Waals surface area (Å²) in [4.78, 5) is 5.43. The molecule has 0 bridgehead atoms. The second kappa shape index (κ2) is 20.2. The summed E-state index contributed by atoms with van der Waals surface area (Å²) in [5, 5.41) is 4.23. The highest BCUT2D eigenvalue weighted by Gasteiger charge is 2.35. The zero-order valence-corrected chi connectivity index (χ0v) is 31.2. The molecule has 0 unspecified atom stereocenters. The summed E-state index contributed by atoms with van der Waals surface area (Å²) in [5.74, 6) is 1.66. The van der Waals surface area contributed by atoms with E-state index in [1.165, 1.54) is 24.0 Å². The lowest BCUT2D eigenvalue weighted by Gasteiger charge is -2.22. The van der Waals surface area contributed by atoms with Crippen LogP contribution in [-0.4, -0.2) is 31.5 Å². The third-order valence-corrected chi connectivity index (χ3v) is 9.73. The van der Waals surface area contributed by atoms with Gasteiger partial charge in [-0.25, -0.2) is 13.1 Å². The molecular formula is C40H72N2O3S. The fourth-order valence-electron chi connectivity index (χ4n) is 3.78. The topological polar surface area (TPSA) is 67.8 Å². The maximum Gasteiger partial charge on any atom is 0.214 e. The van der Waals surface area contributed by atoms with Crippen LogP contribution in [0.4, 0.5) is 0 Å². The van der Waals surface area contributed by atoms with E-state index in [1.54, 1.807) is 0 Å². The number of oxime groups is 1. The van der Waals surface area contributed by atoms with E-state index in [0.29, 0.717) is 10.8 Å². The molecule has 4 rings (SSSR count). The van der Waals surface area contributed by atoms with Crippen molar-refractivity contribution in [3.8, 4) is 11.1 Å². The molecule has 1 saturated carbocycles. The van der Waals surface area contributed by atoms with Gasteiger partial charge in [-0.2, -0.15) is 0 Å². The molecule has 0 amide bonds. The summed E-state index contributed by atoms with van der Waals surface area (Å²) in [6, 6.07) is 16.7. The van der Waals surface area contributed by atoms with Gasteiger partial charge < -0.3 is 4.84 Å². The van der Waals surface area contributed by atoms with Crippen LogP contribution in [0.5, 0.6) is 0 Å². The number of sulfonamides is 1. The van der Waals surface area contributed by atoms with Crippen LogP contribution in [0.2, 0.25) is 0 Å². The van der Waals surface area contributed by atoms with Crippen molar-refractivity contribution < 1.29 is 13.3 Å². The fourth-order valence-corrected chi connectivity index (χ4v) is 5.38. The molecule has 6 heteroatoms. The number of hydrogen-bond acceptors (Lipinski definition) is 4. The Labute approximate surface area is 286 Å². The molecule has 2 aromatic carbocycles. The molecule has 0 atom stereocenters. The second-order valence-electron chi connectivity index (χ2n) is 15.7. The molecule has 2 aromatic rings. The summed E-state index contributed by atoms with van der Waals surface area (Å²) in [6.45, 7) is 30.4. The van der Waals surface area contributed by atoms with Gasteiger partial charge in [-0.1, -0.05) is 144 Å². The molecule has 1 fully saturated rings. The minimum absolute atomic E-state index is 0. The summed E-state index contributed by atoms with van der Waals surface area (Å²) < 4.78 is 24.7. The average Bonchev–Trinajstić information content (AvgIpc) is 3.70. The molecule has 2 aliphatic rings. The van der Waals surface area contributed by atoms with Crippen LogP contribution in [0.1, 0.15) is 149 Å². The molecule has 5 nitrogen and oxygen atoms in total. The molecule has 46 heavy (non-hydrogen) atoms. The van der Waals surface area contributed by atoms with E-state index in [4.69, 9.17) is 4.84 Å². The van der Waals surface area contributed by atoms with Gasteiger partial charge in [-0.3, -0.25) is 0 Å². The Balaban J connectivity index is 0. The Morgan fingerprint density at radius 3 is 1.41 bits per heavy atom. The summed E-state index contributed by atoms with van der Waals surface area (Å²) in [5.41, 5.74) is 6.75. The van der Waals surface area contributed by atoms with Crippen LogP contribution >= 0.6 is 0 Å². The SMILES string of the molecule is C.C.CC(C)C(C)(C)C.CC(C)CCC(C)(C)C.CC(C)NS(=O)(=O)C1CC1.CC(C)ON=C1c2ccccc2-c2ccccc21. The first-order valence-corrected chi connectivity index (χ1v) is 18.1. The lowest BCUT2D eigenvalue weighted by molar-refractivity contribution is 0.0863. The highest BCUT2D eigenvalue weighted by molar-refractivity contribution is 7.90. The minimum Gasteiger partial charge on any atom is -0.393 e. The van der Waals surface area contributed by atoms with Gasteiger partial charge in [-0.05, 0) is 80.8 Å². The number of fused-ring (bicyclic) bond motifs is 3. The van der Waals surface area contributed by atoms with Gasteiger partial charge >= 0.3 is 0 Å². The monoisotopic (exact) mass is 661 g/mol. The first-order chi connectivity index (χ1) is 20.2. The van der Waals surface area contributed by atoms with Crippen LogP contribution in [0.25, 0.3) is 11.1 Å². The van der Waals surface area contributed by atoms with Crippen molar-refractivity contribution in [2.24, 2.45) is 27.8 Å². The molecule has 1 N–H and O–H groups in total. The summed E-state index contributed by atoms with van der Waals surface area (Å²) >= 11 is 0. The quantitative estimate of drug-likeness (QED) is 0.256. The lowest BCUT2D eigenvalue weighted by Crippen LogP contribution is -2.32. The Morgan fingerprint density at radius 2 is 1.15 bits per heavy atom. The molecule has 0 radical (unpaired) electrons. The van der Waals surface area contributed by atoms with Gasteiger partial charge in [0.15, 0.2) is 0 Å². The first-order valence-electron chi connectivity index (χ1n) is 16.6. The normalized spacial score (nSPS) is 13.6.